The summed E-state index contributed by atoms with van der Waals surface area (Å²) in [5, 5.41) is 0. The minimum absolute atomic E-state index is 0.0507. The fourth-order valence-corrected chi connectivity index (χ4v) is 3.39. The van der Waals surface area contributed by atoms with Crippen LogP contribution in [0.2, 0.25) is 0 Å². The zero-order chi connectivity index (χ0) is 15.6. The molecule has 5 nitrogen and oxygen atoms in total. The Morgan fingerprint density at radius 2 is 2.14 bits per heavy atom. The van der Waals surface area contributed by atoms with E-state index in [-0.39, 0.29) is 22.2 Å². The summed E-state index contributed by atoms with van der Waals surface area (Å²) in [5.74, 6) is 0.0811. The zero-order valence-corrected chi connectivity index (χ0v) is 12.6. The van der Waals surface area contributed by atoms with Gasteiger partial charge in [0.15, 0.2) is 0 Å². The normalized spacial score (nSPS) is 13.3. The highest BCUT2D eigenvalue weighted by Gasteiger charge is 2.20. The molecule has 0 spiro atoms. The molecule has 3 N–H and O–H groups in total. The van der Waals surface area contributed by atoms with Crippen LogP contribution >= 0.6 is 0 Å². The Hall–Kier alpha value is -1.86. The Morgan fingerprint density at radius 3 is 2.71 bits per heavy atom. The lowest BCUT2D eigenvalue weighted by Gasteiger charge is -2.14. The van der Waals surface area contributed by atoms with Crippen LogP contribution in [-0.2, 0) is 16.4 Å². The van der Waals surface area contributed by atoms with Crippen molar-refractivity contribution < 1.29 is 17.2 Å². The Kier molecular flexibility index (Phi) is 4.34. The molecular formula is C14H17FN2O3S. The Morgan fingerprint density at radius 1 is 1.43 bits per heavy atom. The molecular weight excluding hydrogens is 295 g/mol. The van der Waals surface area contributed by atoms with E-state index in [9.17, 15) is 12.8 Å². The summed E-state index contributed by atoms with van der Waals surface area (Å²) in [6.07, 6.45) is 1.95. The highest BCUT2D eigenvalue weighted by atomic mass is 32.2. The second kappa shape index (κ2) is 5.87. The number of hydrogen-bond donors (Lipinski definition) is 2. The van der Waals surface area contributed by atoms with Crippen molar-refractivity contribution >= 4 is 15.7 Å². The van der Waals surface area contributed by atoms with Crippen molar-refractivity contribution in [3.05, 3.63) is 47.7 Å². The van der Waals surface area contributed by atoms with Crippen LogP contribution < -0.4 is 10.5 Å². The molecule has 0 bridgehead atoms. The van der Waals surface area contributed by atoms with Gasteiger partial charge in [-0.25, -0.2) is 17.5 Å². The third kappa shape index (κ3) is 3.62. The van der Waals surface area contributed by atoms with Gasteiger partial charge in [0.1, 0.15) is 11.6 Å². The lowest BCUT2D eigenvalue weighted by atomic mass is 10.2. The molecule has 0 fully saturated rings. The number of halogens is 1. The van der Waals surface area contributed by atoms with E-state index in [1.54, 1.807) is 19.1 Å². The second-order valence-corrected chi connectivity index (χ2v) is 6.66. The molecule has 0 aliphatic carbocycles. The average Bonchev–Trinajstić information content (AvgIpc) is 2.87. The highest BCUT2D eigenvalue weighted by Crippen LogP contribution is 2.21. The van der Waals surface area contributed by atoms with Crippen LogP contribution in [0.3, 0.4) is 0 Å². The van der Waals surface area contributed by atoms with Crippen LogP contribution in [0.4, 0.5) is 10.1 Å². The predicted molar refractivity (Wildman–Crippen MR) is 77.7 cm³/mol. The summed E-state index contributed by atoms with van der Waals surface area (Å²) in [6, 6.07) is 5.51. The number of anilines is 1. The van der Waals surface area contributed by atoms with E-state index in [1.165, 1.54) is 19.3 Å². The van der Waals surface area contributed by atoms with Gasteiger partial charge in [-0.05, 0) is 43.7 Å². The van der Waals surface area contributed by atoms with Crippen molar-refractivity contribution in [2.75, 3.05) is 5.73 Å². The molecule has 0 saturated heterocycles. The number of benzene rings is 1. The van der Waals surface area contributed by atoms with Crippen molar-refractivity contribution in [3.8, 4) is 0 Å². The number of sulfonamides is 1. The van der Waals surface area contributed by atoms with E-state index in [0.717, 1.165) is 6.07 Å². The van der Waals surface area contributed by atoms with Crippen LogP contribution in [0.15, 0.2) is 39.8 Å². The first kappa shape index (κ1) is 15.5. The SMILES string of the molecule is Cc1cc(S(=O)(=O)NC(C)Cc2ccco2)cc(N)c1F. The van der Waals surface area contributed by atoms with Crippen molar-refractivity contribution in [1.82, 2.24) is 4.72 Å². The van der Waals surface area contributed by atoms with E-state index < -0.39 is 15.8 Å². The lowest BCUT2D eigenvalue weighted by molar-refractivity contribution is 0.479. The number of nitrogens with two attached hydrogens (primary N) is 1. The number of nitrogen functional groups attached to an aromatic ring is 1. The van der Waals surface area contributed by atoms with E-state index in [2.05, 4.69) is 4.72 Å². The van der Waals surface area contributed by atoms with Crippen LogP contribution in [0.25, 0.3) is 0 Å². The summed E-state index contributed by atoms with van der Waals surface area (Å²) < 4.78 is 45.7. The minimum Gasteiger partial charge on any atom is -0.469 e. The number of rotatable bonds is 5. The van der Waals surface area contributed by atoms with Gasteiger partial charge in [0, 0.05) is 12.5 Å². The second-order valence-electron chi connectivity index (χ2n) is 4.95. The van der Waals surface area contributed by atoms with E-state index >= 15 is 0 Å². The van der Waals surface area contributed by atoms with Crippen molar-refractivity contribution in [3.63, 3.8) is 0 Å². The Bertz CT molecular complexity index is 704. The first-order chi connectivity index (χ1) is 9.79. The molecule has 1 aromatic heterocycles. The molecule has 0 saturated carbocycles. The molecule has 0 aliphatic heterocycles. The molecule has 1 aromatic carbocycles. The standard InChI is InChI=1S/C14H17FN2O3S/c1-9-6-12(8-13(16)14(9)15)21(18,19)17-10(2)7-11-4-3-5-20-11/h3-6,8,10,17H,7,16H2,1-2H3. The van der Waals surface area contributed by atoms with Gasteiger partial charge < -0.3 is 10.2 Å². The molecule has 2 aromatic rings. The predicted octanol–water partition coefficient (Wildman–Crippen LogP) is 2.22. The molecule has 0 aliphatic rings. The topological polar surface area (TPSA) is 85.3 Å². The van der Waals surface area contributed by atoms with E-state index in [1.807, 2.05) is 0 Å². The molecule has 1 atom stereocenters. The monoisotopic (exact) mass is 312 g/mol. The van der Waals surface area contributed by atoms with Gasteiger partial charge in [-0.2, -0.15) is 0 Å². The van der Waals surface area contributed by atoms with Gasteiger partial charge in [-0.15, -0.1) is 0 Å². The van der Waals surface area contributed by atoms with Crippen LogP contribution in [0, 0.1) is 12.7 Å². The maximum atomic E-state index is 13.5. The van der Waals surface area contributed by atoms with Crippen LogP contribution in [0.1, 0.15) is 18.2 Å². The largest absolute Gasteiger partial charge is 0.469 e. The summed E-state index contributed by atoms with van der Waals surface area (Å²) in [6.45, 7) is 3.19. The van der Waals surface area contributed by atoms with Crippen LogP contribution in [0.5, 0.6) is 0 Å². The minimum atomic E-state index is -3.76. The van der Waals surface area contributed by atoms with E-state index in [0.29, 0.717) is 12.2 Å². The number of furan rings is 1. The Balaban J connectivity index is 2.18. The molecule has 7 heteroatoms. The first-order valence-corrected chi connectivity index (χ1v) is 7.88. The molecule has 1 heterocycles. The summed E-state index contributed by atoms with van der Waals surface area (Å²) in [7, 11) is -3.76. The molecule has 21 heavy (non-hydrogen) atoms. The smallest absolute Gasteiger partial charge is 0.240 e. The maximum absolute atomic E-state index is 13.5. The molecule has 0 radical (unpaired) electrons. The Labute approximate surface area is 123 Å². The highest BCUT2D eigenvalue weighted by molar-refractivity contribution is 7.89. The third-order valence-corrected chi connectivity index (χ3v) is 4.58. The van der Waals surface area contributed by atoms with Crippen LogP contribution in [-0.4, -0.2) is 14.5 Å². The number of hydrogen-bond acceptors (Lipinski definition) is 4. The van der Waals surface area contributed by atoms with Gasteiger partial charge >= 0.3 is 0 Å². The summed E-state index contributed by atoms with van der Waals surface area (Å²) in [4.78, 5) is -0.0507. The van der Waals surface area contributed by atoms with Gasteiger partial charge in [0.25, 0.3) is 0 Å². The third-order valence-electron chi connectivity index (χ3n) is 3.01. The lowest BCUT2D eigenvalue weighted by Crippen LogP contribution is -2.34. The molecule has 1 unspecified atom stereocenters. The summed E-state index contributed by atoms with van der Waals surface area (Å²) >= 11 is 0. The number of nitrogens with one attached hydrogen (secondary N) is 1. The summed E-state index contributed by atoms with van der Waals surface area (Å²) in [5.41, 5.74) is 5.48. The van der Waals surface area contributed by atoms with Gasteiger partial charge in [0.05, 0.1) is 16.8 Å². The van der Waals surface area contributed by atoms with Gasteiger partial charge in [0.2, 0.25) is 10.0 Å². The number of aryl methyl sites for hydroxylation is 1. The van der Waals surface area contributed by atoms with Gasteiger partial charge in [-0.3, -0.25) is 0 Å². The molecule has 2 rings (SSSR count). The molecule has 114 valence electrons. The van der Waals surface area contributed by atoms with Crippen molar-refractivity contribution in [1.29, 1.82) is 0 Å². The zero-order valence-electron chi connectivity index (χ0n) is 11.8. The van der Waals surface area contributed by atoms with Gasteiger partial charge in [-0.1, -0.05) is 0 Å². The van der Waals surface area contributed by atoms with E-state index in [4.69, 9.17) is 10.2 Å². The first-order valence-electron chi connectivity index (χ1n) is 6.40. The fraction of sp³-hybridized carbons (Fsp3) is 0.286. The quantitative estimate of drug-likeness (QED) is 0.829. The van der Waals surface area contributed by atoms with Crippen molar-refractivity contribution in [2.45, 2.75) is 31.2 Å². The fourth-order valence-electron chi connectivity index (χ4n) is 2.02. The molecule has 0 amide bonds. The average molecular weight is 312 g/mol. The maximum Gasteiger partial charge on any atom is 0.240 e. The van der Waals surface area contributed by atoms with Crippen molar-refractivity contribution in [2.24, 2.45) is 0 Å².